The minimum absolute atomic E-state index is 0.120. The molecule has 0 aliphatic rings. The molecule has 0 radical (unpaired) electrons. The van der Waals surface area contributed by atoms with Crippen LogP contribution in [0.5, 0.6) is 0 Å². The predicted molar refractivity (Wildman–Crippen MR) is 83.3 cm³/mol. The first-order valence-electron chi connectivity index (χ1n) is 6.72. The SMILES string of the molecule is CC(=O)Nc1c(-c2ccccc2)cnn1-c1ccccc1. The molecule has 4 heteroatoms. The Labute approximate surface area is 123 Å². The molecule has 4 nitrogen and oxygen atoms in total. The number of nitrogens with zero attached hydrogens (tertiary/aromatic N) is 2. The van der Waals surface area contributed by atoms with Crippen LogP contribution in [-0.4, -0.2) is 15.7 Å². The molecule has 0 fully saturated rings. The standard InChI is InChI=1S/C17H15N3O/c1-13(21)19-17-16(14-8-4-2-5-9-14)12-18-20(17)15-10-6-3-7-11-15/h2-12H,1H3,(H,19,21). The molecular formula is C17H15N3O. The summed E-state index contributed by atoms with van der Waals surface area (Å²) in [7, 11) is 0. The smallest absolute Gasteiger partial charge is 0.222 e. The highest BCUT2D eigenvalue weighted by molar-refractivity contribution is 5.93. The Kier molecular flexibility index (Phi) is 3.51. The van der Waals surface area contributed by atoms with Crippen LogP contribution in [0.4, 0.5) is 5.82 Å². The molecular weight excluding hydrogens is 262 g/mol. The lowest BCUT2D eigenvalue weighted by atomic mass is 10.1. The second kappa shape index (κ2) is 5.63. The maximum Gasteiger partial charge on any atom is 0.222 e. The summed E-state index contributed by atoms with van der Waals surface area (Å²) < 4.78 is 1.74. The fraction of sp³-hybridized carbons (Fsp3) is 0.0588. The van der Waals surface area contributed by atoms with E-state index in [4.69, 9.17) is 0 Å². The predicted octanol–water partition coefficient (Wildman–Crippen LogP) is 3.50. The first-order valence-corrected chi connectivity index (χ1v) is 6.72. The molecule has 1 heterocycles. The van der Waals surface area contributed by atoms with Gasteiger partial charge in [-0.25, -0.2) is 4.68 Å². The zero-order valence-corrected chi connectivity index (χ0v) is 11.7. The van der Waals surface area contributed by atoms with Crippen molar-refractivity contribution in [1.82, 2.24) is 9.78 Å². The number of amides is 1. The molecule has 0 unspecified atom stereocenters. The van der Waals surface area contributed by atoms with E-state index in [9.17, 15) is 4.79 Å². The Morgan fingerprint density at radius 1 is 1.00 bits per heavy atom. The van der Waals surface area contributed by atoms with E-state index in [-0.39, 0.29) is 5.91 Å². The fourth-order valence-electron chi connectivity index (χ4n) is 2.23. The quantitative estimate of drug-likeness (QED) is 0.796. The average molecular weight is 277 g/mol. The summed E-state index contributed by atoms with van der Waals surface area (Å²) in [5.41, 5.74) is 2.82. The van der Waals surface area contributed by atoms with Crippen LogP contribution in [0.2, 0.25) is 0 Å². The van der Waals surface area contributed by atoms with Gasteiger partial charge in [-0.1, -0.05) is 48.5 Å². The summed E-state index contributed by atoms with van der Waals surface area (Å²) in [6, 6.07) is 19.6. The summed E-state index contributed by atoms with van der Waals surface area (Å²) in [5, 5.41) is 7.30. The molecule has 0 saturated carbocycles. The van der Waals surface area contributed by atoms with Crippen molar-refractivity contribution in [3.8, 4) is 16.8 Å². The monoisotopic (exact) mass is 277 g/mol. The summed E-state index contributed by atoms with van der Waals surface area (Å²) in [6.07, 6.45) is 1.77. The number of hydrogen-bond acceptors (Lipinski definition) is 2. The van der Waals surface area contributed by atoms with Crippen LogP contribution in [0, 0.1) is 0 Å². The average Bonchev–Trinajstić information content (AvgIpc) is 2.92. The number of benzene rings is 2. The number of hydrogen-bond donors (Lipinski definition) is 1. The molecule has 21 heavy (non-hydrogen) atoms. The van der Waals surface area contributed by atoms with E-state index in [1.165, 1.54) is 6.92 Å². The molecule has 0 atom stereocenters. The van der Waals surface area contributed by atoms with Crippen molar-refractivity contribution >= 4 is 11.7 Å². The van der Waals surface area contributed by atoms with Gasteiger partial charge in [0.25, 0.3) is 0 Å². The lowest BCUT2D eigenvalue weighted by Gasteiger charge is -2.10. The van der Waals surface area contributed by atoms with E-state index < -0.39 is 0 Å². The van der Waals surface area contributed by atoms with E-state index in [1.54, 1.807) is 10.9 Å². The highest BCUT2D eigenvalue weighted by atomic mass is 16.1. The Hall–Kier alpha value is -2.88. The lowest BCUT2D eigenvalue weighted by Crippen LogP contribution is -2.11. The van der Waals surface area contributed by atoms with Crippen LogP contribution < -0.4 is 5.32 Å². The number of anilines is 1. The first kappa shape index (κ1) is 13.1. The summed E-state index contributed by atoms with van der Waals surface area (Å²) in [5.74, 6) is 0.560. The maximum absolute atomic E-state index is 11.5. The van der Waals surface area contributed by atoms with Crippen LogP contribution in [0.15, 0.2) is 66.9 Å². The van der Waals surface area contributed by atoms with Crippen molar-refractivity contribution in [3.63, 3.8) is 0 Å². The normalized spacial score (nSPS) is 10.3. The van der Waals surface area contributed by atoms with Crippen molar-refractivity contribution < 1.29 is 4.79 Å². The molecule has 1 amide bonds. The third kappa shape index (κ3) is 2.69. The first-order chi connectivity index (χ1) is 10.3. The molecule has 1 N–H and O–H groups in total. The highest BCUT2D eigenvalue weighted by Crippen LogP contribution is 2.29. The summed E-state index contributed by atoms with van der Waals surface area (Å²) in [4.78, 5) is 11.5. The lowest BCUT2D eigenvalue weighted by molar-refractivity contribution is -0.114. The van der Waals surface area contributed by atoms with E-state index in [0.717, 1.165) is 16.8 Å². The Morgan fingerprint density at radius 2 is 1.62 bits per heavy atom. The second-order valence-electron chi connectivity index (χ2n) is 4.70. The van der Waals surface area contributed by atoms with Crippen LogP contribution in [0.25, 0.3) is 16.8 Å². The van der Waals surface area contributed by atoms with Crippen LogP contribution in [0.3, 0.4) is 0 Å². The zero-order chi connectivity index (χ0) is 14.7. The van der Waals surface area contributed by atoms with Gasteiger partial charge in [-0.3, -0.25) is 4.79 Å². The van der Waals surface area contributed by atoms with Crippen molar-refractivity contribution in [2.75, 3.05) is 5.32 Å². The molecule has 0 bridgehead atoms. The molecule has 104 valence electrons. The van der Waals surface area contributed by atoms with Gasteiger partial charge in [-0.15, -0.1) is 0 Å². The number of carbonyl (C=O) groups is 1. The van der Waals surface area contributed by atoms with Gasteiger partial charge in [0, 0.05) is 12.5 Å². The fourth-order valence-corrected chi connectivity index (χ4v) is 2.23. The maximum atomic E-state index is 11.5. The third-order valence-corrected chi connectivity index (χ3v) is 3.15. The molecule has 3 aromatic rings. The zero-order valence-electron chi connectivity index (χ0n) is 11.7. The summed E-state index contributed by atoms with van der Waals surface area (Å²) in [6.45, 7) is 1.50. The largest absolute Gasteiger partial charge is 0.310 e. The van der Waals surface area contributed by atoms with E-state index in [0.29, 0.717) is 5.82 Å². The van der Waals surface area contributed by atoms with Crippen LogP contribution in [0.1, 0.15) is 6.92 Å². The Morgan fingerprint density at radius 3 is 2.24 bits per heavy atom. The number of rotatable bonds is 3. The van der Waals surface area contributed by atoms with Crippen molar-refractivity contribution in [1.29, 1.82) is 0 Å². The van der Waals surface area contributed by atoms with Gasteiger partial charge >= 0.3 is 0 Å². The van der Waals surface area contributed by atoms with Gasteiger partial charge in [0.1, 0.15) is 5.82 Å². The molecule has 3 rings (SSSR count). The minimum atomic E-state index is -0.120. The Bertz CT molecular complexity index is 691. The van der Waals surface area contributed by atoms with E-state index in [2.05, 4.69) is 10.4 Å². The highest BCUT2D eigenvalue weighted by Gasteiger charge is 2.14. The molecule has 2 aromatic carbocycles. The number of aromatic nitrogens is 2. The molecule has 0 aliphatic heterocycles. The number of carbonyl (C=O) groups excluding carboxylic acids is 1. The van der Waals surface area contributed by atoms with Gasteiger partial charge in [0.15, 0.2) is 0 Å². The van der Waals surface area contributed by atoms with Gasteiger partial charge in [-0.05, 0) is 17.7 Å². The Balaban J connectivity index is 2.14. The van der Waals surface area contributed by atoms with Crippen LogP contribution >= 0.6 is 0 Å². The van der Waals surface area contributed by atoms with Crippen molar-refractivity contribution in [2.45, 2.75) is 6.92 Å². The molecule has 0 spiro atoms. The van der Waals surface area contributed by atoms with Gasteiger partial charge < -0.3 is 5.32 Å². The third-order valence-electron chi connectivity index (χ3n) is 3.15. The molecule has 1 aromatic heterocycles. The molecule has 0 aliphatic carbocycles. The number of nitrogens with one attached hydrogen (secondary N) is 1. The van der Waals surface area contributed by atoms with Crippen molar-refractivity contribution in [2.24, 2.45) is 0 Å². The van der Waals surface area contributed by atoms with E-state index >= 15 is 0 Å². The van der Waals surface area contributed by atoms with Crippen LogP contribution in [-0.2, 0) is 4.79 Å². The van der Waals surface area contributed by atoms with Gasteiger partial charge in [0.05, 0.1) is 11.9 Å². The summed E-state index contributed by atoms with van der Waals surface area (Å²) >= 11 is 0. The minimum Gasteiger partial charge on any atom is -0.310 e. The second-order valence-corrected chi connectivity index (χ2v) is 4.70. The van der Waals surface area contributed by atoms with E-state index in [1.807, 2.05) is 60.7 Å². The van der Waals surface area contributed by atoms with Gasteiger partial charge in [-0.2, -0.15) is 5.10 Å². The van der Waals surface area contributed by atoms with Crippen molar-refractivity contribution in [3.05, 3.63) is 66.9 Å². The molecule has 0 saturated heterocycles. The van der Waals surface area contributed by atoms with Gasteiger partial charge in [0.2, 0.25) is 5.91 Å². The topological polar surface area (TPSA) is 46.9 Å². The number of para-hydroxylation sites is 1.